The molecule has 2 aromatic rings. The predicted octanol–water partition coefficient (Wildman–Crippen LogP) is 3.84. The van der Waals surface area contributed by atoms with Crippen molar-refractivity contribution < 1.29 is 13.2 Å². The normalized spacial score (nSPS) is 16.8. The smallest absolute Gasteiger partial charge is 0.243 e. The number of carbonyl (C=O) groups is 1. The van der Waals surface area contributed by atoms with E-state index >= 15 is 0 Å². The van der Waals surface area contributed by atoms with Crippen molar-refractivity contribution in [3.8, 4) is 0 Å². The van der Waals surface area contributed by atoms with Crippen LogP contribution in [0.4, 0.5) is 0 Å². The van der Waals surface area contributed by atoms with Crippen LogP contribution in [0.3, 0.4) is 0 Å². The molecule has 1 amide bonds. The molecule has 5 nitrogen and oxygen atoms in total. The summed E-state index contributed by atoms with van der Waals surface area (Å²) < 4.78 is 27.3. The van der Waals surface area contributed by atoms with Crippen LogP contribution >= 0.6 is 0 Å². The molecule has 1 aliphatic rings. The van der Waals surface area contributed by atoms with E-state index in [1.807, 2.05) is 42.5 Å². The minimum atomic E-state index is -3.52. The molecule has 0 N–H and O–H groups in total. The summed E-state index contributed by atoms with van der Waals surface area (Å²) in [5.74, 6) is 0.587. The Labute approximate surface area is 174 Å². The minimum absolute atomic E-state index is 0.0830. The first-order valence-corrected chi connectivity index (χ1v) is 11.7. The highest BCUT2D eigenvalue weighted by Gasteiger charge is 2.30. The van der Waals surface area contributed by atoms with Gasteiger partial charge >= 0.3 is 0 Å². The van der Waals surface area contributed by atoms with Gasteiger partial charge in [0.15, 0.2) is 0 Å². The monoisotopic (exact) mass is 414 g/mol. The van der Waals surface area contributed by atoms with Gasteiger partial charge in [0.1, 0.15) is 0 Å². The highest BCUT2D eigenvalue weighted by Crippen LogP contribution is 2.23. The summed E-state index contributed by atoms with van der Waals surface area (Å²) in [6.45, 7) is 7.75. The Balaban J connectivity index is 1.58. The summed E-state index contributed by atoms with van der Waals surface area (Å²) in [4.78, 5) is 14.8. The number of sulfonamides is 1. The maximum Gasteiger partial charge on any atom is 0.243 e. The van der Waals surface area contributed by atoms with Crippen LogP contribution < -0.4 is 0 Å². The van der Waals surface area contributed by atoms with Crippen LogP contribution in [0.1, 0.15) is 50.2 Å². The van der Waals surface area contributed by atoms with Gasteiger partial charge in [-0.3, -0.25) is 4.79 Å². The lowest BCUT2D eigenvalue weighted by atomic mass is 9.97. The van der Waals surface area contributed by atoms with Gasteiger partial charge in [-0.25, -0.2) is 8.42 Å². The van der Waals surface area contributed by atoms with Gasteiger partial charge in [-0.2, -0.15) is 4.31 Å². The Kier molecular flexibility index (Phi) is 6.75. The second kappa shape index (κ2) is 9.09. The van der Waals surface area contributed by atoms with Crippen LogP contribution in [0, 0.1) is 0 Å². The van der Waals surface area contributed by atoms with E-state index in [4.69, 9.17) is 0 Å². The molecule has 3 rings (SSSR count). The van der Waals surface area contributed by atoms with Gasteiger partial charge in [-0.15, -0.1) is 0 Å². The maximum absolute atomic E-state index is 12.9. The molecule has 1 aliphatic heterocycles. The number of hydrogen-bond acceptors (Lipinski definition) is 3. The van der Waals surface area contributed by atoms with E-state index in [0.29, 0.717) is 43.4 Å². The van der Waals surface area contributed by atoms with E-state index in [1.54, 1.807) is 17.0 Å². The molecule has 1 fully saturated rings. The Morgan fingerprint density at radius 3 is 2.00 bits per heavy atom. The average molecular weight is 415 g/mol. The van der Waals surface area contributed by atoms with Crippen molar-refractivity contribution in [2.75, 3.05) is 26.2 Å². The summed E-state index contributed by atoms with van der Waals surface area (Å²) in [7, 11) is -3.52. The fraction of sp³-hybridized carbons (Fsp3) is 0.435. The van der Waals surface area contributed by atoms with Gasteiger partial charge < -0.3 is 4.90 Å². The van der Waals surface area contributed by atoms with E-state index in [9.17, 15) is 13.2 Å². The van der Waals surface area contributed by atoms with Crippen LogP contribution in [-0.4, -0.2) is 49.7 Å². The molecule has 0 radical (unpaired) electrons. The second-order valence-electron chi connectivity index (χ2n) is 8.02. The highest BCUT2D eigenvalue weighted by molar-refractivity contribution is 7.89. The highest BCUT2D eigenvalue weighted by atomic mass is 32.2. The Bertz CT molecular complexity index is 916. The molecular weight excluding hydrogens is 384 g/mol. The van der Waals surface area contributed by atoms with E-state index in [0.717, 1.165) is 11.1 Å². The standard InChI is InChI=1S/C23H30N2O3S/c1-18(2)20-9-11-22(12-10-20)29(27,28)25-15-13-24(14-16-25)23(26)17-19(3)21-7-5-4-6-8-21/h4-12,18-19H,13-17H2,1-3H3. The van der Waals surface area contributed by atoms with Crippen molar-refractivity contribution in [2.45, 2.75) is 43.9 Å². The SMILES string of the molecule is CC(C)c1ccc(S(=O)(=O)N2CCN(C(=O)CC(C)c3ccccc3)CC2)cc1. The average Bonchev–Trinajstić information content (AvgIpc) is 2.74. The lowest BCUT2D eigenvalue weighted by molar-refractivity contribution is -0.132. The third-order valence-corrected chi connectivity index (χ3v) is 7.54. The fourth-order valence-corrected chi connectivity index (χ4v) is 5.06. The molecule has 1 unspecified atom stereocenters. The predicted molar refractivity (Wildman–Crippen MR) is 115 cm³/mol. The van der Waals surface area contributed by atoms with Gasteiger partial charge in [-0.05, 0) is 35.1 Å². The molecule has 0 saturated carbocycles. The number of rotatable bonds is 6. The number of amides is 1. The molecule has 29 heavy (non-hydrogen) atoms. The lowest BCUT2D eigenvalue weighted by Gasteiger charge is -2.34. The molecular formula is C23H30N2O3S. The van der Waals surface area contributed by atoms with Crippen molar-refractivity contribution in [2.24, 2.45) is 0 Å². The molecule has 2 aromatic carbocycles. The third kappa shape index (κ3) is 5.06. The van der Waals surface area contributed by atoms with E-state index < -0.39 is 10.0 Å². The summed E-state index contributed by atoms with van der Waals surface area (Å²) in [6.07, 6.45) is 0.438. The van der Waals surface area contributed by atoms with Crippen LogP contribution in [0.2, 0.25) is 0 Å². The van der Waals surface area contributed by atoms with Crippen LogP contribution in [0.5, 0.6) is 0 Å². The zero-order chi connectivity index (χ0) is 21.0. The van der Waals surface area contributed by atoms with Crippen molar-refractivity contribution in [1.29, 1.82) is 0 Å². The molecule has 0 spiro atoms. The van der Waals surface area contributed by atoms with Crippen LogP contribution in [0.15, 0.2) is 59.5 Å². The second-order valence-corrected chi connectivity index (χ2v) is 9.96. The Morgan fingerprint density at radius 2 is 1.45 bits per heavy atom. The van der Waals surface area contributed by atoms with Crippen molar-refractivity contribution in [1.82, 2.24) is 9.21 Å². The molecule has 0 aromatic heterocycles. The van der Waals surface area contributed by atoms with Crippen LogP contribution in [-0.2, 0) is 14.8 Å². The number of piperazine rings is 1. The Hall–Kier alpha value is -2.18. The zero-order valence-electron chi connectivity index (χ0n) is 17.4. The molecule has 0 aliphatic carbocycles. The molecule has 1 heterocycles. The first-order chi connectivity index (χ1) is 13.8. The fourth-order valence-electron chi connectivity index (χ4n) is 3.64. The van der Waals surface area contributed by atoms with Gasteiger partial charge in [0.2, 0.25) is 15.9 Å². The number of hydrogen-bond donors (Lipinski definition) is 0. The lowest BCUT2D eigenvalue weighted by Crippen LogP contribution is -2.50. The summed E-state index contributed by atoms with van der Waals surface area (Å²) >= 11 is 0. The van der Waals surface area contributed by atoms with Gasteiger partial charge in [0, 0.05) is 32.6 Å². The van der Waals surface area contributed by atoms with E-state index in [1.165, 1.54) is 4.31 Å². The first-order valence-electron chi connectivity index (χ1n) is 10.2. The number of carbonyl (C=O) groups excluding carboxylic acids is 1. The largest absolute Gasteiger partial charge is 0.340 e. The number of nitrogens with zero attached hydrogens (tertiary/aromatic N) is 2. The maximum atomic E-state index is 12.9. The molecule has 0 bridgehead atoms. The number of benzene rings is 2. The molecule has 6 heteroatoms. The first kappa shape index (κ1) is 21.5. The summed E-state index contributed by atoms with van der Waals surface area (Å²) in [5, 5.41) is 0. The molecule has 1 saturated heterocycles. The van der Waals surface area contributed by atoms with Gasteiger partial charge in [-0.1, -0.05) is 63.2 Å². The molecule has 1 atom stereocenters. The topological polar surface area (TPSA) is 57.7 Å². The zero-order valence-corrected chi connectivity index (χ0v) is 18.2. The summed E-state index contributed by atoms with van der Waals surface area (Å²) in [6, 6.07) is 17.1. The quantitative estimate of drug-likeness (QED) is 0.722. The van der Waals surface area contributed by atoms with E-state index in [-0.39, 0.29) is 11.8 Å². The van der Waals surface area contributed by atoms with Crippen molar-refractivity contribution >= 4 is 15.9 Å². The Morgan fingerprint density at radius 1 is 0.862 bits per heavy atom. The van der Waals surface area contributed by atoms with Gasteiger partial charge in [0.05, 0.1) is 4.90 Å². The van der Waals surface area contributed by atoms with Crippen molar-refractivity contribution in [3.05, 3.63) is 65.7 Å². The van der Waals surface area contributed by atoms with E-state index in [2.05, 4.69) is 20.8 Å². The minimum Gasteiger partial charge on any atom is -0.340 e. The van der Waals surface area contributed by atoms with Crippen molar-refractivity contribution in [3.63, 3.8) is 0 Å². The van der Waals surface area contributed by atoms with Gasteiger partial charge in [0.25, 0.3) is 0 Å². The summed E-state index contributed by atoms with van der Waals surface area (Å²) in [5.41, 5.74) is 2.26. The third-order valence-electron chi connectivity index (χ3n) is 5.63. The van der Waals surface area contributed by atoms with Crippen LogP contribution in [0.25, 0.3) is 0 Å². The molecule has 156 valence electrons.